The van der Waals surface area contributed by atoms with Crippen molar-refractivity contribution in [1.29, 1.82) is 0 Å². The summed E-state index contributed by atoms with van der Waals surface area (Å²) in [5.41, 5.74) is 5.21. The Balaban J connectivity index is 1.78. The van der Waals surface area contributed by atoms with Gasteiger partial charge >= 0.3 is 0 Å². The van der Waals surface area contributed by atoms with Gasteiger partial charge in [-0.05, 0) is 67.5 Å². The van der Waals surface area contributed by atoms with Gasteiger partial charge in [0.1, 0.15) is 5.75 Å². The highest BCUT2D eigenvalue weighted by molar-refractivity contribution is 6.32. The van der Waals surface area contributed by atoms with Crippen LogP contribution in [0.5, 0.6) is 5.75 Å². The molecule has 0 heterocycles. The molecule has 1 aliphatic carbocycles. The normalized spacial score (nSPS) is 15.3. The van der Waals surface area contributed by atoms with Gasteiger partial charge in [-0.2, -0.15) is 0 Å². The number of rotatable bonds is 3. The second-order valence-corrected chi connectivity index (χ2v) is 6.17. The van der Waals surface area contributed by atoms with Gasteiger partial charge < -0.3 is 10.4 Å². The largest absolute Gasteiger partial charge is 0.506 e. The molecule has 0 saturated heterocycles. The van der Waals surface area contributed by atoms with Crippen LogP contribution in [0.25, 0.3) is 0 Å². The van der Waals surface area contributed by atoms with Gasteiger partial charge in [0, 0.05) is 11.7 Å². The third-order valence-electron chi connectivity index (χ3n) is 4.20. The van der Waals surface area contributed by atoms with Gasteiger partial charge in [0.15, 0.2) is 0 Å². The summed E-state index contributed by atoms with van der Waals surface area (Å²) in [6.07, 6.45) is 5.02. The average molecular weight is 302 g/mol. The molecular formula is C18H20ClNO. The highest BCUT2D eigenvalue weighted by atomic mass is 35.5. The first-order valence-electron chi connectivity index (χ1n) is 7.50. The molecule has 1 atom stereocenters. The summed E-state index contributed by atoms with van der Waals surface area (Å²) in [6.45, 7) is 2.14. The van der Waals surface area contributed by atoms with Crippen LogP contribution in [0.15, 0.2) is 36.4 Å². The van der Waals surface area contributed by atoms with Crippen molar-refractivity contribution in [3.05, 3.63) is 58.1 Å². The number of anilines is 1. The Morgan fingerprint density at radius 2 is 1.81 bits per heavy atom. The van der Waals surface area contributed by atoms with Crippen LogP contribution in [0.4, 0.5) is 5.69 Å². The van der Waals surface area contributed by atoms with Crippen LogP contribution in [0.2, 0.25) is 5.02 Å². The average Bonchev–Trinajstić information content (AvgIpc) is 2.50. The maximum atomic E-state index is 9.47. The topological polar surface area (TPSA) is 32.3 Å². The number of phenolic OH excluding ortho intramolecular Hbond substituents is 1. The van der Waals surface area contributed by atoms with Crippen LogP contribution in [-0.4, -0.2) is 5.11 Å². The second-order valence-electron chi connectivity index (χ2n) is 5.77. The van der Waals surface area contributed by atoms with Crippen molar-refractivity contribution in [3.8, 4) is 5.75 Å². The van der Waals surface area contributed by atoms with Crippen molar-refractivity contribution in [3.63, 3.8) is 0 Å². The minimum Gasteiger partial charge on any atom is -0.506 e. The fourth-order valence-corrected chi connectivity index (χ4v) is 3.13. The molecule has 2 aromatic rings. The lowest BCUT2D eigenvalue weighted by atomic mass is 9.89. The monoisotopic (exact) mass is 301 g/mol. The molecule has 0 spiro atoms. The van der Waals surface area contributed by atoms with Gasteiger partial charge in [-0.3, -0.25) is 0 Å². The SMILES string of the molecule is CC(Nc1ccc(O)c(Cl)c1)c1ccc2c(c1)CCCC2. The predicted octanol–water partition coefficient (Wildman–Crippen LogP) is 5.10. The summed E-state index contributed by atoms with van der Waals surface area (Å²) < 4.78 is 0. The number of phenols is 1. The quantitative estimate of drug-likeness (QED) is 0.773. The van der Waals surface area contributed by atoms with Gasteiger partial charge in [0.2, 0.25) is 0 Å². The molecule has 110 valence electrons. The number of aromatic hydroxyl groups is 1. The summed E-state index contributed by atoms with van der Waals surface area (Å²) in [5, 5.41) is 13.3. The smallest absolute Gasteiger partial charge is 0.134 e. The zero-order valence-electron chi connectivity index (χ0n) is 12.2. The van der Waals surface area contributed by atoms with Gasteiger partial charge in [-0.1, -0.05) is 29.8 Å². The Morgan fingerprint density at radius 1 is 1.05 bits per heavy atom. The van der Waals surface area contributed by atoms with E-state index in [1.165, 1.54) is 42.4 Å². The first-order chi connectivity index (χ1) is 10.1. The van der Waals surface area contributed by atoms with E-state index >= 15 is 0 Å². The Kier molecular flexibility index (Phi) is 4.07. The van der Waals surface area contributed by atoms with E-state index in [1.54, 1.807) is 12.1 Å². The zero-order valence-corrected chi connectivity index (χ0v) is 13.0. The number of hydrogen-bond acceptors (Lipinski definition) is 2. The van der Waals surface area contributed by atoms with Crippen LogP contribution >= 0.6 is 11.6 Å². The fraction of sp³-hybridized carbons (Fsp3) is 0.333. The summed E-state index contributed by atoms with van der Waals surface area (Å²) in [6, 6.07) is 12.2. The molecule has 0 radical (unpaired) electrons. The fourth-order valence-electron chi connectivity index (χ4n) is 2.95. The molecule has 2 nitrogen and oxygen atoms in total. The van der Waals surface area contributed by atoms with E-state index in [1.807, 2.05) is 6.07 Å². The van der Waals surface area contributed by atoms with Crippen molar-refractivity contribution in [1.82, 2.24) is 0 Å². The minimum absolute atomic E-state index is 0.114. The molecule has 0 aromatic heterocycles. The lowest BCUT2D eigenvalue weighted by Gasteiger charge is -2.21. The molecule has 2 aromatic carbocycles. The number of hydrogen-bond donors (Lipinski definition) is 2. The lowest BCUT2D eigenvalue weighted by Crippen LogP contribution is -2.09. The molecule has 3 rings (SSSR count). The molecular weight excluding hydrogens is 282 g/mol. The molecule has 1 unspecified atom stereocenters. The third-order valence-corrected chi connectivity index (χ3v) is 4.51. The van der Waals surface area contributed by atoms with Crippen molar-refractivity contribution in [2.24, 2.45) is 0 Å². The second kappa shape index (κ2) is 5.98. The maximum absolute atomic E-state index is 9.47. The molecule has 21 heavy (non-hydrogen) atoms. The number of nitrogens with one attached hydrogen (secondary N) is 1. The lowest BCUT2D eigenvalue weighted by molar-refractivity contribution is 0.475. The highest BCUT2D eigenvalue weighted by Crippen LogP contribution is 2.29. The molecule has 3 heteroatoms. The van der Waals surface area contributed by atoms with Gasteiger partial charge in [-0.25, -0.2) is 0 Å². The Labute approximate surface area is 130 Å². The molecule has 0 saturated carbocycles. The molecule has 2 N–H and O–H groups in total. The van der Waals surface area contributed by atoms with Crippen molar-refractivity contribution in [2.45, 2.75) is 38.6 Å². The van der Waals surface area contributed by atoms with Crippen LogP contribution in [-0.2, 0) is 12.8 Å². The summed E-state index contributed by atoms with van der Waals surface area (Å²) in [5.74, 6) is 0.114. The standard InChI is InChI=1S/C18H20ClNO/c1-12(20-16-8-9-18(21)17(19)11-16)14-7-6-13-4-2-3-5-15(13)10-14/h6-12,20-21H,2-5H2,1H3. The van der Waals surface area contributed by atoms with Crippen LogP contribution in [0.3, 0.4) is 0 Å². The molecule has 0 amide bonds. The summed E-state index contributed by atoms with van der Waals surface area (Å²) >= 11 is 5.95. The number of fused-ring (bicyclic) bond motifs is 1. The molecule has 0 fully saturated rings. The van der Waals surface area contributed by atoms with Crippen molar-refractivity contribution < 1.29 is 5.11 Å². The summed E-state index contributed by atoms with van der Waals surface area (Å²) in [4.78, 5) is 0. The maximum Gasteiger partial charge on any atom is 0.134 e. The Morgan fingerprint density at radius 3 is 2.57 bits per heavy atom. The molecule has 0 aliphatic heterocycles. The van der Waals surface area contributed by atoms with E-state index in [0.29, 0.717) is 5.02 Å². The Bertz CT molecular complexity index is 654. The number of benzene rings is 2. The van der Waals surface area contributed by atoms with E-state index in [0.717, 1.165) is 5.69 Å². The molecule has 0 bridgehead atoms. The van der Waals surface area contributed by atoms with Crippen LogP contribution in [0, 0.1) is 0 Å². The van der Waals surface area contributed by atoms with E-state index in [-0.39, 0.29) is 11.8 Å². The van der Waals surface area contributed by atoms with Crippen LogP contribution < -0.4 is 5.32 Å². The van der Waals surface area contributed by atoms with Crippen molar-refractivity contribution >= 4 is 17.3 Å². The predicted molar refractivity (Wildman–Crippen MR) is 88.2 cm³/mol. The first-order valence-corrected chi connectivity index (χ1v) is 7.88. The van der Waals surface area contributed by atoms with E-state index in [2.05, 4.69) is 30.4 Å². The Hall–Kier alpha value is -1.67. The third kappa shape index (κ3) is 3.16. The number of halogens is 1. The minimum atomic E-state index is 0.114. The van der Waals surface area contributed by atoms with Crippen LogP contribution in [0.1, 0.15) is 42.5 Å². The van der Waals surface area contributed by atoms with Gasteiger partial charge in [0.05, 0.1) is 5.02 Å². The van der Waals surface area contributed by atoms with E-state index in [4.69, 9.17) is 11.6 Å². The van der Waals surface area contributed by atoms with Gasteiger partial charge in [-0.15, -0.1) is 0 Å². The summed E-state index contributed by atoms with van der Waals surface area (Å²) in [7, 11) is 0. The van der Waals surface area contributed by atoms with Gasteiger partial charge in [0.25, 0.3) is 0 Å². The van der Waals surface area contributed by atoms with E-state index < -0.39 is 0 Å². The highest BCUT2D eigenvalue weighted by Gasteiger charge is 2.12. The molecule has 1 aliphatic rings. The van der Waals surface area contributed by atoms with Crippen molar-refractivity contribution in [2.75, 3.05) is 5.32 Å². The zero-order chi connectivity index (χ0) is 14.8. The van der Waals surface area contributed by atoms with E-state index in [9.17, 15) is 5.11 Å². The number of aryl methyl sites for hydroxylation is 2. The first kappa shape index (κ1) is 14.3.